The van der Waals surface area contributed by atoms with E-state index in [0.717, 1.165) is 32.5 Å². The third kappa shape index (κ3) is 2.49. The molecule has 19 heavy (non-hydrogen) atoms. The van der Waals surface area contributed by atoms with Crippen molar-refractivity contribution in [3.05, 3.63) is 36.0 Å². The van der Waals surface area contributed by atoms with E-state index in [1.165, 1.54) is 16.5 Å². The highest BCUT2D eigenvalue weighted by atomic mass is 16.1. The molecule has 1 aromatic heterocycles. The van der Waals surface area contributed by atoms with Crippen LogP contribution in [0.5, 0.6) is 0 Å². The number of carbonyl (C=O) groups excluding carboxylic acids is 1. The van der Waals surface area contributed by atoms with Gasteiger partial charge in [0.2, 0.25) is 5.91 Å². The van der Waals surface area contributed by atoms with Gasteiger partial charge in [0, 0.05) is 30.2 Å². The molecule has 0 spiro atoms. The minimum atomic E-state index is -0.163. The van der Waals surface area contributed by atoms with Gasteiger partial charge >= 0.3 is 0 Å². The summed E-state index contributed by atoms with van der Waals surface area (Å²) in [5.41, 5.74) is 7.88. The minimum absolute atomic E-state index is 0.0129. The van der Waals surface area contributed by atoms with E-state index in [0.29, 0.717) is 0 Å². The molecule has 1 saturated heterocycles. The number of primary amides is 1. The molecule has 1 aliphatic rings. The predicted octanol–water partition coefficient (Wildman–Crippen LogP) is 1.87. The molecule has 100 valence electrons. The van der Waals surface area contributed by atoms with E-state index in [1.807, 2.05) is 6.07 Å². The second-order valence-electron chi connectivity index (χ2n) is 5.34. The van der Waals surface area contributed by atoms with Crippen LogP contribution in [0.4, 0.5) is 0 Å². The monoisotopic (exact) mass is 257 g/mol. The number of H-pyrrole nitrogens is 1. The number of amides is 1. The molecular formula is C15H19N3O. The molecule has 0 radical (unpaired) electrons. The maximum Gasteiger partial charge on any atom is 0.221 e. The first-order valence-corrected chi connectivity index (χ1v) is 6.80. The summed E-state index contributed by atoms with van der Waals surface area (Å²) in [6, 6.07) is 8.31. The van der Waals surface area contributed by atoms with E-state index < -0.39 is 0 Å². The number of fused-ring (bicyclic) bond motifs is 1. The number of rotatable bonds is 3. The number of para-hydroxylation sites is 1. The molecule has 1 fully saturated rings. The lowest BCUT2D eigenvalue weighted by Crippen LogP contribution is -2.40. The first-order valence-electron chi connectivity index (χ1n) is 6.80. The highest BCUT2D eigenvalue weighted by Gasteiger charge is 2.24. The number of aromatic nitrogens is 1. The Balaban J connectivity index is 1.76. The molecule has 1 atom stereocenters. The number of nitrogens with zero attached hydrogens (tertiary/aromatic N) is 1. The van der Waals surface area contributed by atoms with Crippen molar-refractivity contribution in [1.82, 2.24) is 9.88 Å². The molecular weight excluding hydrogens is 238 g/mol. The van der Waals surface area contributed by atoms with Crippen molar-refractivity contribution in [2.24, 2.45) is 11.7 Å². The molecule has 0 aliphatic carbocycles. The Morgan fingerprint density at radius 1 is 1.42 bits per heavy atom. The highest BCUT2D eigenvalue weighted by Crippen LogP contribution is 2.22. The number of piperidine rings is 1. The van der Waals surface area contributed by atoms with Gasteiger partial charge in [0.15, 0.2) is 0 Å². The van der Waals surface area contributed by atoms with Gasteiger partial charge in [0.25, 0.3) is 0 Å². The van der Waals surface area contributed by atoms with Crippen LogP contribution in [0.1, 0.15) is 18.4 Å². The summed E-state index contributed by atoms with van der Waals surface area (Å²) >= 11 is 0. The minimum Gasteiger partial charge on any atom is -0.369 e. The quantitative estimate of drug-likeness (QED) is 0.881. The average Bonchev–Trinajstić information content (AvgIpc) is 2.83. The molecule has 1 aliphatic heterocycles. The Bertz CT molecular complexity index is 590. The lowest BCUT2D eigenvalue weighted by molar-refractivity contribution is -0.123. The number of nitrogens with one attached hydrogen (secondary N) is 1. The summed E-state index contributed by atoms with van der Waals surface area (Å²) in [4.78, 5) is 16.9. The Kier molecular flexibility index (Phi) is 3.25. The van der Waals surface area contributed by atoms with Crippen LogP contribution in [0.3, 0.4) is 0 Å². The summed E-state index contributed by atoms with van der Waals surface area (Å²) in [7, 11) is 0. The molecule has 4 nitrogen and oxygen atoms in total. The van der Waals surface area contributed by atoms with Gasteiger partial charge in [-0.05, 0) is 31.0 Å². The molecule has 4 heteroatoms. The third-order valence-electron chi connectivity index (χ3n) is 3.98. The number of carbonyl (C=O) groups is 1. The summed E-state index contributed by atoms with van der Waals surface area (Å²) in [5.74, 6) is -0.150. The third-order valence-corrected chi connectivity index (χ3v) is 3.98. The van der Waals surface area contributed by atoms with Crippen LogP contribution in [0.25, 0.3) is 10.9 Å². The zero-order valence-electron chi connectivity index (χ0n) is 10.9. The molecule has 3 N–H and O–H groups in total. The summed E-state index contributed by atoms with van der Waals surface area (Å²) in [5, 5.41) is 1.27. The molecule has 2 heterocycles. The van der Waals surface area contributed by atoms with Crippen molar-refractivity contribution >= 4 is 16.8 Å². The van der Waals surface area contributed by atoms with E-state index in [9.17, 15) is 4.79 Å². The van der Waals surface area contributed by atoms with Crippen LogP contribution in [-0.2, 0) is 11.3 Å². The van der Waals surface area contributed by atoms with Crippen molar-refractivity contribution in [3.8, 4) is 0 Å². The zero-order chi connectivity index (χ0) is 13.2. The summed E-state index contributed by atoms with van der Waals surface area (Å²) < 4.78 is 0. The first-order chi connectivity index (χ1) is 9.24. The van der Waals surface area contributed by atoms with Crippen molar-refractivity contribution in [1.29, 1.82) is 0 Å². The summed E-state index contributed by atoms with van der Waals surface area (Å²) in [6.45, 7) is 2.71. The maximum atomic E-state index is 11.3. The molecule has 1 amide bonds. The Labute approximate surface area is 112 Å². The Morgan fingerprint density at radius 2 is 2.26 bits per heavy atom. The second-order valence-corrected chi connectivity index (χ2v) is 5.34. The fourth-order valence-electron chi connectivity index (χ4n) is 2.93. The average molecular weight is 257 g/mol. The molecule has 0 bridgehead atoms. The fraction of sp³-hybridized carbons (Fsp3) is 0.400. The smallest absolute Gasteiger partial charge is 0.221 e. The summed E-state index contributed by atoms with van der Waals surface area (Å²) in [6.07, 6.45) is 4.05. The number of hydrogen-bond donors (Lipinski definition) is 2. The SMILES string of the molecule is NC(=O)C1CCCN(Cc2c[nH]c3ccccc23)C1. The van der Waals surface area contributed by atoms with E-state index in [1.54, 1.807) is 0 Å². The van der Waals surface area contributed by atoms with Gasteiger partial charge < -0.3 is 10.7 Å². The fourth-order valence-corrected chi connectivity index (χ4v) is 2.93. The van der Waals surface area contributed by atoms with Crippen molar-refractivity contribution in [3.63, 3.8) is 0 Å². The zero-order valence-corrected chi connectivity index (χ0v) is 10.9. The predicted molar refractivity (Wildman–Crippen MR) is 75.5 cm³/mol. The maximum absolute atomic E-state index is 11.3. The number of nitrogens with two attached hydrogens (primary N) is 1. The van der Waals surface area contributed by atoms with Gasteiger partial charge in [-0.15, -0.1) is 0 Å². The lowest BCUT2D eigenvalue weighted by Gasteiger charge is -2.30. The van der Waals surface area contributed by atoms with Gasteiger partial charge in [-0.3, -0.25) is 9.69 Å². The molecule has 1 unspecified atom stereocenters. The van der Waals surface area contributed by atoms with Crippen LogP contribution in [-0.4, -0.2) is 28.9 Å². The molecule has 0 saturated carbocycles. The van der Waals surface area contributed by atoms with Crippen LogP contribution >= 0.6 is 0 Å². The molecule has 3 rings (SSSR count). The molecule has 2 aromatic rings. The van der Waals surface area contributed by atoms with Crippen molar-refractivity contribution < 1.29 is 4.79 Å². The van der Waals surface area contributed by atoms with Gasteiger partial charge in [0.05, 0.1) is 5.92 Å². The van der Waals surface area contributed by atoms with E-state index in [-0.39, 0.29) is 11.8 Å². The standard InChI is InChI=1S/C15H19N3O/c16-15(19)11-4-3-7-18(9-11)10-12-8-17-14-6-2-1-5-13(12)14/h1-2,5-6,8,11,17H,3-4,7,9-10H2,(H2,16,19). The first kappa shape index (κ1) is 12.2. The largest absolute Gasteiger partial charge is 0.369 e. The van der Waals surface area contributed by atoms with Gasteiger partial charge in [-0.2, -0.15) is 0 Å². The van der Waals surface area contributed by atoms with Crippen LogP contribution in [0, 0.1) is 5.92 Å². The highest BCUT2D eigenvalue weighted by molar-refractivity contribution is 5.83. The van der Waals surface area contributed by atoms with E-state index in [2.05, 4.69) is 34.3 Å². The van der Waals surface area contributed by atoms with Gasteiger partial charge in [-0.1, -0.05) is 18.2 Å². The van der Waals surface area contributed by atoms with Gasteiger partial charge in [-0.25, -0.2) is 0 Å². The lowest BCUT2D eigenvalue weighted by atomic mass is 9.97. The van der Waals surface area contributed by atoms with Crippen LogP contribution < -0.4 is 5.73 Å². The topological polar surface area (TPSA) is 62.1 Å². The second kappa shape index (κ2) is 5.05. The van der Waals surface area contributed by atoms with E-state index >= 15 is 0 Å². The normalized spacial score (nSPS) is 20.7. The number of likely N-dealkylation sites (tertiary alicyclic amines) is 1. The number of benzene rings is 1. The van der Waals surface area contributed by atoms with Gasteiger partial charge in [0.1, 0.15) is 0 Å². The Hall–Kier alpha value is -1.81. The van der Waals surface area contributed by atoms with Crippen LogP contribution in [0.2, 0.25) is 0 Å². The number of hydrogen-bond acceptors (Lipinski definition) is 2. The van der Waals surface area contributed by atoms with Crippen molar-refractivity contribution in [2.75, 3.05) is 13.1 Å². The molecule has 1 aromatic carbocycles. The van der Waals surface area contributed by atoms with E-state index in [4.69, 9.17) is 5.73 Å². The Morgan fingerprint density at radius 3 is 3.11 bits per heavy atom. The number of aromatic amines is 1. The van der Waals surface area contributed by atoms with Crippen molar-refractivity contribution in [2.45, 2.75) is 19.4 Å². The van der Waals surface area contributed by atoms with Crippen LogP contribution in [0.15, 0.2) is 30.5 Å².